The molecule has 0 aliphatic rings. The van der Waals surface area contributed by atoms with E-state index in [-0.39, 0.29) is 0 Å². The van der Waals surface area contributed by atoms with E-state index in [1.54, 1.807) is 0 Å². The van der Waals surface area contributed by atoms with Crippen molar-refractivity contribution >= 4 is 12.6 Å². The van der Waals surface area contributed by atoms with Crippen molar-refractivity contribution in [3.63, 3.8) is 0 Å². The summed E-state index contributed by atoms with van der Waals surface area (Å²) >= 11 is 4.24. The second kappa shape index (κ2) is 6.31. The van der Waals surface area contributed by atoms with Crippen LogP contribution in [0.15, 0.2) is 12.1 Å². The lowest BCUT2D eigenvalue weighted by Gasteiger charge is -2.19. The second-order valence-corrected chi connectivity index (χ2v) is 5.05. The van der Waals surface area contributed by atoms with E-state index < -0.39 is 0 Å². The zero-order valence-corrected chi connectivity index (χ0v) is 11.8. The SMILES string of the molecule is Cc1ccc(CN(C)CCCS)c(C)c1C. The van der Waals surface area contributed by atoms with Crippen LogP contribution in [0.1, 0.15) is 28.7 Å². The molecule has 0 heterocycles. The van der Waals surface area contributed by atoms with Gasteiger partial charge < -0.3 is 4.90 Å². The second-order valence-electron chi connectivity index (χ2n) is 4.61. The minimum absolute atomic E-state index is 0.968. The van der Waals surface area contributed by atoms with E-state index in [4.69, 9.17) is 0 Å². The van der Waals surface area contributed by atoms with Crippen LogP contribution in [0.4, 0.5) is 0 Å². The van der Waals surface area contributed by atoms with Crippen molar-refractivity contribution in [1.82, 2.24) is 4.90 Å². The van der Waals surface area contributed by atoms with Gasteiger partial charge in [0.05, 0.1) is 0 Å². The fraction of sp³-hybridized carbons (Fsp3) is 0.571. The fourth-order valence-corrected chi connectivity index (χ4v) is 2.04. The minimum atomic E-state index is 0.968. The highest BCUT2D eigenvalue weighted by molar-refractivity contribution is 7.80. The summed E-state index contributed by atoms with van der Waals surface area (Å²) in [6, 6.07) is 4.49. The Labute approximate surface area is 105 Å². The van der Waals surface area contributed by atoms with Gasteiger partial charge in [-0.05, 0) is 68.8 Å². The molecule has 2 heteroatoms. The van der Waals surface area contributed by atoms with E-state index in [1.807, 2.05) is 0 Å². The number of benzene rings is 1. The summed E-state index contributed by atoms with van der Waals surface area (Å²) in [6.45, 7) is 8.78. The summed E-state index contributed by atoms with van der Waals surface area (Å²) < 4.78 is 0. The van der Waals surface area contributed by atoms with Gasteiger partial charge in [0, 0.05) is 6.54 Å². The van der Waals surface area contributed by atoms with Crippen molar-refractivity contribution in [1.29, 1.82) is 0 Å². The van der Waals surface area contributed by atoms with Gasteiger partial charge in [-0.3, -0.25) is 0 Å². The van der Waals surface area contributed by atoms with Crippen LogP contribution in [0.3, 0.4) is 0 Å². The Bertz CT molecular complexity index is 347. The maximum Gasteiger partial charge on any atom is 0.0233 e. The molecule has 0 amide bonds. The summed E-state index contributed by atoms with van der Waals surface area (Å²) in [5.41, 5.74) is 5.71. The van der Waals surface area contributed by atoms with Crippen molar-refractivity contribution in [3.8, 4) is 0 Å². The number of aryl methyl sites for hydroxylation is 1. The van der Waals surface area contributed by atoms with Crippen LogP contribution in [-0.2, 0) is 6.54 Å². The molecular weight excluding hydrogens is 214 g/mol. The van der Waals surface area contributed by atoms with E-state index >= 15 is 0 Å². The molecule has 1 aromatic rings. The van der Waals surface area contributed by atoms with Gasteiger partial charge in [-0.1, -0.05) is 12.1 Å². The van der Waals surface area contributed by atoms with Gasteiger partial charge in [-0.25, -0.2) is 0 Å². The first kappa shape index (κ1) is 13.6. The molecule has 0 aliphatic carbocycles. The first-order chi connectivity index (χ1) is 7.56. The quantitative estimate of drug-likeness (QED) is 0.769. The van der Waals surface area contributed by atoms with Gasteiger partial charge in [-0.15, -0.1) is 0 Å². The molecular formula is C14H23NS. The Morgan fingerprint density at radius 2 is 1.81 bits per heavy atom. The third-order valence-corrected chi connectivity index (χ3v) is 3.62. The van der Waals surface area contributed by atoms with Gasteiger partial charge in [0.2, 0.25) is 0 Å². The summed E-state index contributed by atoms with van der Waals surface area (Å²) in [6.07, 6.45) is 1.16. The molecule has 0 spiro atoms. The molecule has 0 fully saturated rings. The molecule has 0 radical (unpaired) electrons. The summed E-state index contributed by atoms with van der Waals surface area (Å²) in [7, 11) is 2.18. The highest BCUT2D eigenvalue weighted by Gasteiger charge is 2.06. The molecule has 0 N–H and O–H groups in total. The largest absolute Gasteiger partial charge is 0.302 e. The number of nitrogens with zero attached hydrogens (tertiary/aromatic N) is 1. The molecule has 0 bridgehead atoms. The normalized spacial score (nSPS) is 11.1. The highest BCUT2D eigenvalue weighted by Crippen LogP contribution is 2.18. The molecule has 1 rings (SSSR count). The summed E-state index contributed by atoms with van der Waals surface area (Å²) in [5, 5.41) is 0. The van der Waals surface area contributed by atoms with E-state index in [9.17, 15) is 0 Å². The summed E-state index contributed by atoms with van der Waals surface area (Å²) in [5.74, 6) is 0.968. The topological polar surface area (TPSA) is 3.24 Å². The Hall–Kier alpha value is -0.470. The van der Waals surface area contributed by atoms with E-state index in [0.29, 0.717) is 0 Å². The lowest BCUT2D eigenvalue weighted by atomic mass is 9.98. The molecule has 0 saturated carbocycles. The zero-order valence-electron chi connectivity index (χ0n) is 10.9. The third kappa shape index (κ3) is 3.53. The van der Waals surface area contributed by atoms with Crippen molar-refractivity contribution in [3.05, 3.63) is 34.4 Å². The average molecular weight is 237 g/mol. The molecule has 16 heavy (non-hydrogen) atoms. The first-order valence-electron chi connectivity index (χ1n) is 5.91. The van der Waals surface area contributed by atoms with E-state index in [0.717, 1.165) is 25.3 Å². The highest BCUT2D eigenvalue weighted by atomic mass is 32.1. The van der Waals surface area contributed by atoms with Crippen LogP contribution >= 0.6 is 12.6 Å². The molecule has 0 aliphatic heterocycles. The monoisotopic (exact) mass is 237 g/mol. The van der Waals surface area contributed by atoms with Gasteiger partial charge in [0.25, 0.3) is 0 Å². The Morgan fingerprint density at radius 3 is 2.44 bits per heavy atom. The smallest absolute Gasteiger partial charge is 0.0233 e. The fourth-order valence-electron chi connectivity index (χ4n) is 1.89. The van der Waals surface area contributed by atoms with Crippen molar-refractivity contribution in [2.75, 3.05) is 19.3 Å². The molecule has 0 aromatic heterocycles. The average Bonchev–Trinajstić information content (AvgIpc) is 2.27. The predicted octanol–water partition coefficient (Wildman–Crippen LogP) is 3.36. The maximum absolute atomic E-state index is 4.24. The van der Waals surface area contributed by atoms with Crippen molar-refractivity contribution in [2.24, 2.45) is 0 Å². The van der Waals surface area contributed by atoms with Gasteiger partial charge >= 0.3 is 0 Å². The summed E-state index contributed by atoms with van der Waals surface area (Å²) in [4.78, 5) is 2.37. The van der Waals surface area contributed by atoms with Gasteiger partial charge in [0.15, 0.2) is 0 Å². The predicted molar refractivity (Wildman–Crippen MR) is 75.5 cm³/mol. The molecule has 0 unspecified atom stereocenters. The Kier molecular flexibility index (Phi) is 5.36. The molecule has 0 atom stereocenters. The number of thiol groups is 1. The van der Waals surface area contributed by atoms with E-state index in [2.05, 4.69) is 57.5 Å². The number of rotatable bonds is 5. The Morgan fingerprint density at radius 1 is 1.12 bits per heavy atom. The zero-order chi connectivity index (χ0) is 12.1. The third-order valence-electron chi connectivity index (χ3n) is 3.31. The van der Waals surface area contributed by atoms with Crippen molar-refractivity contribution < 1.29 is 0 Å². The lowest BCUT2D eigenvalue weighted by molar-refractivity contribution is 0.328. The van der Waals surface area contributed by atoms with Crippen LogP contribution in [-0.4, -0.2) is 24.2 Å². The number of hydrogen-bond acceptors (Lipinski definition) is 2. The lowest BCUT2D eigenvalue weighted by Crippen LogP contribution is -2.20. The van der Waals surface area contributed by atoms with Crippen LogP contribution in [0, 0.1) is 20.8 Å². The first-order valence-corrected chi connectivity index (χ1v) is 6.54. The molecule has 1 nitrogen and oxygen atoms in total. The maximum atomic E-state index is 4.24. The molecule has 1 aromatic carbocycles. The number of hydrogen-bond donors (Lipinski definition) is 1. The van der Waals surface area contributed by atoms with E-state index in [1.165, 1.54) is 22.3 Å². The van der Waals surface area contributed by atoms with Crippen LogP contribution in [0.25, 0.3) is 0 Å². The van der Waals surface area contributed by atoms with Gasteiger partial charge in [0.1, 0.15) is 0 Å². The van der Waals surface area contributed by atoms with Crippen molar-refractivity contribution in [2.45, 2.75) is 33.7 Å². The van der Waals surface area contributed by atoms with Crippen LogP contribution in [0.2, 0.25) is 0 Å². The molecule has 90 valence electrons. The van der Waals surface area contributed by atoms with Gasteiger partial charge in [-0.2, -0.15) is 12.6 Å². The minimum Gasteiger partial charge on any atom is -0.302 e. The standard InChI is InChI=1S/C14H23NS/c1-11-6-7-14(13(3)12(11)2)10-15(4)8-5-9-16/h6-7,16H,5,8-10H2,1-4H3. The molecule has 0 saturated heterocycles. The van der Waals surface area contributed by atoms with Crippen LogP contribution < -0.4 is 0 Å². The Balaban J connectivity index is 2.70. The van der Waals surface area contributed by atoms with Crippen LogP contribution in [0.5, 0.6) is 0 Å².